The molecule has 0 fully saturated rings. The molecular weight excluding hydrogens is 611 g/mol. The summed E-state index contributed by atoms with van der Waals surface area (Å²) in [6.07, 6.45) is -4.52. The molecule has 0 aliphatic carbocycles. The van der Waals surface area contributed by atoms with Crippen molar-refractivity contribution in [1.29, 1.82) is 0 Å². The Balaban J connectivity index is 1.77. The monoisotopic (exact) mass is 624 g/mol. The van der Waals surface area contributed by atoms with Gasteiger partial charge < -0.3 is 18.5 Å². The highest BCUT2D eigenvalue weighted by Crippen LogP contribution is 2.44. The molecule has 2 aromatic carbocycles. The van der Waals surface area contributed by atoms with E-state index in [9.17, 15) is 27.2 Å². The van der Waals surface area contributed by atoms with Crippen LogP contribution in [0.15, 0.2) is 57.7 Å². The first-order chi connectivity index (χ1) is 20.0. The number of carbonyl (C=O) groups is 2. The SMILES string of the molecule is COC(=O)c1c(-c2c(F)cccc2Cl)noc1-c1cnn(-c2onc(-c3ccc(Cl)cc3)c2C(=O)OC)c1C(F)(F)F. The van der Waals surface area contributed by atoms with Crippen LogP contribution in [0.3, 0.4) is 0 Å². The predicted octanol–water partition coefficient (Wildman–Crippen LogP) is 6.89. The van der Waals surface area contributed by atoms with Crippen molar-refractivity contribution in [2.45, 2.75) is 6.18 Å². The van der Waals surface area contributed by atoms with Gasteiger partial charge in [-0.15, -0.1) is 0 Å². The highest BCUT2D eigenvalue weighted by atomic mass is 35.5. The number of nitrogens with zero attached hydrogens (tertiary/aromatic N) is 4. The molecule has 0 unspecified atom stereocenters. The molecule has 3 aromatic heterocycles. The zero-order valence-corrected chi connectivity index (χ0v) is 22.6. The Morgan fingerprint density at radius 3 is 2.17 bits per heavy atom. The molecule has 42 heavy (non-hydrogen) atoms. The average molecular weight is 625 g/mol. The standard InChI is InChI=1S/C26H14Cl2F4N4O6/c1-39-24(37)17-20(16-14(28)4-3-5-15(16)29)35-41-21(17)13-10-33-36(22(13)26(30,31)32)23-18(25(38)40-2)19(34-42-23)11-6-8-12(27)9-7-11/h3-10H,1-2H3. The number of halogens is 6. The van der Waals surface area contributed by atoms with Crippen LogP contribution >= 0.6 is 23.2 Å². The van der Waals surface area contributed by atoms with Gasteiger partial charge in [0.25, 0.3) is 5.88 Å². The lowest BCUT2D eigenvalue weighted by molar-refractivity contribution is -0.142. The number of esters is 2. The lowest BCUT2D eigenvalue weighted by atomic mass is 10.0. The number of hydrogen-bond acceptors (Lipinski definition) is 9. The first kappa shape index (κ1) is 28.8. The molecule has 0 atom stereocenters. The molecule has 5 rings (SSSR count). The van der Waals surface area contributed by atoms with Crippen molar-refractivity contribution in [3.8, 4) is 39.7 Å². The second-order valence-electron chi connectivity index (χ2n) is 8.35. The molecule has 5 aromatic rings. The summed E-state index contributed by atoms with van der Waals surface area (Å²) in [6, 6.07) is 9.43. The second-order valence-corrected chi connectivity index (χ2v) is 9.19. The van der Waals surface area contributed by atoms with E-state index in [1.807, 2.05) is 0 Å². The zero-order chi connectivity index (χ0) is 30.3. The molecular formula is C26H14Cl2F4N4O6. The van der Waals surface area contributed by atoms with E-state index in [-0.39, 0.29) is 21.0 Å². The van der Waals surface area contributed by atoms with Crippen LogP contribution in [0, 0.1) is 5.82 Å². The fraction of sp³-hybridized carbons (Fsp3) is 0.115. The molecule has 0 spiro atoms. The molecule has 0 radical (unpaired) electrons. The molecule has 10 nitrogen and oxygen atoms in total. The van der Waals surface area contributed by atoms with Crippen molar-refractivity contribution in [2.75, 3.05) is 14.2 Å². The minimum atomic E-state index is -5.21. The van der Waals surface area contributed by atoms with Gasteiger partial charge in [-0.1, -0.05) is 51.7 Å². The lowest BCUT2D eigenvalue weighted by Gasteiger charge is -2.11. The number of alkyl halides is 3. The average Bonchev–Trinajstić information content (AvgIpc) is 3.69. The van der Waals surface area contributed by atoms with Gasteiger partial charge in [-0.3, -0.25) is 0 Å². The minimum absolute atomic E-state index is 0.162. The van der Waals surface area contributed by atoms with Crippen molar-refractivity contribution < 1.29 is 45.7 Å². The summed E-state index contributed by atoms with van der Waals surface area (Å²) in [5.41, 5.74) is -4.36. The van der Waals surface area contributed by atoms with E-state index in [1.54, 1.807) is 0 Å². The molecule has 0 bridgehead atoms. The fourth-order valence-electron chi connectivity index (χ4n) is 4.12. The van der Waals surface area contributed by atoms with Crippen molar-refractivity contribution in [1.82, 2.24) is 20.1 Å². The van der Waals surface area contributed by atoms with Crippen LogP contribution in [-0.4, -0.2) is 46.3 Å². The number of benzene rings is 2. The van der Waals surface area contributed by atoms with E-state index in [0.717, 1.165) is 20.3 Å². The van der Waals surface area contributed by atoms with Crippen LogP contribution in [0.25, 0.3) is 39.7 Å². The summed E-state index contributed by atoms with van der Waals surface area (Å²) in [4.78, 5) is 25.6. The van der Waals surface area contributed by atoms with Gasteiger partial charge in [-0.05, 0) is 24.3 Å². The van der Waals surface area contributed by atoms with E-state index in [2.05, 4.69) is 15.4 Å². The number of aromatic nitrogens is 4. The first-order valence-corrected chi connectivity index (χ1v) is 12.3. The second kappa shape index (κ2) is 10.9. The van der Waals surface area contributed by atoms with E-state index in [1.165, 1.54) is 36.4 Å². The van der Waals surface area contributed by atoms with Gasteiger partial charge in [-0.25, -0.2) is 14.0 Å². The largest absolute Gasteiger partial charge is 0.465 e. The zero-order valence-electron chi connectivity index (χ0n) is 21.1. The molecule has 0 aliphatic rings. The highest BCUT2D eigenvalue weighted by molar-refractivity contribution is 6.33. The smallest absolute Gasteiger partial charge is 0.434 e. The molecule has 0 N–H and O–H groups in total. The molecule has 0 aliphatic heterocycles. The van der Waals surface area contributed by atoms with Crippen molar-refractivity contribution in [3.63, 3.8) is 0 Å². The van der Waals surface area contributed by atoms with Crippen molar-refractivity contribution >= 4 is 35.1 Å². The Morgan fingerprint density at radius 2 is 1.55 bits per heavy atom. The van der Waals surface area contributed by atoms with Crippen molar-refractivity contribution in [3.05, 3.63) is 81.3 Å². The Hall–Kier alpha value is -4.69. The predicted molar refractivity (Wildman–Crippen MR) is 138 cm³/mol. The van der Waals surface area contributed by atoms with E-state index >= 15 is 0 Å². The van der Waals surface area contributed by atoms with E-state index in [4.69, 9.17) is 41.7 Å². The van der Waals surface area contributed by atoms with Gasteiger partial charge in [0.15, 0.2) is 17.0 Å². The number of carbonyl (C=O) groups excluding carboxylic acids is 2. The Labute approximate surface area is 242 Å². The Kier molecular flexibility index (Phi) is 7.51. The summed E-state index contributed by atoms with van der Waals surface area (Å²) in [7, 11) is 1.96. The summed E-state index contributed by atoms with van der Waals surface area (Å²) in [5.74, 6) is -4.76. The van der Waals surface area contributed by atoms with Crippen LogP contribution in [0.4, 0.5) is 17.6 Å². The van der Waals surface area contributed by atoms with Gasteiger partial charge in [0.1, 0.15) is 22.8 Å². The lowest BCUT2D eigenvalue weighted by Crippen LogP contribution is -2.17. The summed E-state index contributed by atoms with van der Waals surface area (Å²) >= 11 is 12.0. The molecule has 0 saturated heterocycles. The Bertz CT molecular complexity index is 1810. The molecule has 216 valence electrons. The third-order valence-electron chi connectivity index (χ3n) is 5.94. The minimum Gasteiger partial charge on any atom is -0.465 e. The fourth-order valence-corrected chi connectivity index (χ4v) is 4.50. The highest BCUT2D eigenvalue weighted by Gasteiger charge is 2.44. The molecule has 0 amide bonds. The van der Waals surface area contributed by atoms with Gasteiger partial charge in [0.2, 0.25) is 0 Å². The van der Waals surface area contributed by atoms with Crippen molar-refractivity contribution in [2.24, 2.45) is 0 Å². The molecule has 3 heterocycles. The molecule has 0 saturated carbocycles. The summed E-state index contributed by atoms with van der Waals surface area (Å²) < 4.78 is 78.8. The maximum Gasteiger partial charge on any atom is 0.434 e. The van der Waals surface area contributed by atoms with E-state index in [0.29, 0.717) is 11.2 Å². The normalized spacial score (nSPS) is 11.5. The number of rotatable bonds is 6. The van der Waals surface area contributed by atoms with Gasteiger partial charge in [-0.2, -0.15) is 23.0 Å². The summed E-state index contributed by atoms with van der Waals surface area (Å²) in [6.45, 7) is 0. The Morgan fingerprint density at radius 1 is 0.905 bits per heavy atom. The van der Waals surface area contributed by atoms with Crippen LogP contribution in [0.2, 0.25) is 10.0 Å². The van der Waals surface area contributed by atoms with Gasteiger partial charge in [0.05, 0.1) is 36.6 Å². The van der Waals surface area contributed by atoms with Crippen LogP contribution < -0.4 is 0 Å². The number of methoxy groups -OCH3 is 2. The van der Waals surface area contributed by atoms with Crippen LogP contribution in [0.1, 0.15) is 26.4 Å². The first-order valence-electron chi connectivity index (χ1n) is 11.5. The molecule has 16 heteroatoms. The third-order valence-corrected chi connectivity index (χ3v) is 6.50. The third kappa shape index (κ3) is 4.88. The van der Waals surface area contributed by atoms with E-state index < -0.39 is 69.2 Å². The number of hydrogen-bond donors (Lipinski definition) is 0. The summed E-state index contributed by atoms with van der Waals surface area (Å²) in [5, 5.41) is 11.3. The maximum absolute atomic E-state index is 14.7. The maximum atomic E-state index is 14.7. The number of ether oxygens (including phenoxy) is 2. The topological polar surface area (TPSA) is 122 Å². The van der Waals surface area contributed by atoms with Crippen LogP contribution in [0.5, 0.6) is 0 Å². The quantitative estimate of drug-likeness (QED) is 0.147. The van der Waals surface area contributed by atoms with Gasteiger partial charge >= 0.3 is 18.1 Å². The van der Waals surface area contributed by atoms with Gasteiger partial charge in [0, 0.05) is 10.6 Å². The van der Waals surface area contributed by atoms with Crippen LogP contribution in [-0.2, 0) is 15.7 Å².